The van der Waals surface area contributed by atoms with Crippen molar-refractivity contribution in [2.75, 3.05) is 0 Å². The van der Waals surface area contributed by atoms with Crippen LogP contribution in [0.4, 0.5) is 0 Å². The van der Waals surface area contributed by atoms with Crippen molar-refractivity contribution in [2.24, 2.45) is 0 Å². The highest BCUT2D eigenvalue weighted by Gasteiger charge is 2.23. The second kappa shape index (κ2) is 5.31. The van der Waals surface area contributed by atoms with Crippen molar-refractivity contribution in [3.63, 3.8) is 0 Å². The number of Topliss-reactive ketones (excluding diaryl/α,β-unsaturated/α-hetero) is 1. The predicted octanol–water partition coefficient (Wildman–Crippen LogP) is 3.01. The molecule has 0 aliphatic rings. The maximum Gasteiger partial charge on any atom is 0.305 e. The van der Waals surface area contributed by atoms with Crippen LogP contribution in [0.2, 0.25) is 0 Å². The summed E-state index contributed by atoms with van der Waals surface area (Å²) in [6, 6.07) is 5.37. The van der Waals surface area contributed by atoms with Crippen molar-refractivity contribution in [3.8, 4) is 0 Å². The fraction of sp³-hybridized carbons (Fsp3) is 0.438. The molecule has 1 aromatic heterocycles. The predicted molar refractivity (Wildman–Crippen MR) is 80.7 cm³/mol. The van der Waals surface area contributed by atoms with Crippen LogP contribution in [0.15, 0.2) is 18.2 Å². The Morgan fingerprint density at radius 1 is 1.29 bits per heavy atom. The lowest BCUT2D eigenvalue weighted by atomic mass is 9.95. The number of hydrogen-bond donors (Lipinski definition) is 1. The molecule has 0 spiro atoms. The van der Waals surface area contributed by atoms with Gasteiger partial charge < -0.3 is 9.67 Å². The van der Waals surface area contributed by atoms with Crippen molar-refractivity contribution in [3.05, 3.63) is 29.6 Å². The van der Waals surface area contributed by atoms with E-state index in [1.54, 1.807) is 12.1 Å². The third kappa shape index (κ3) is 3.12. The minimum atomic E-state index is -0.836. The molecule has 112 valence electrons. The topological polar surface area (TPSA) is 72.2 Å². The molecule has 0 bridgehead atoms. The molecule has 0 amide bonds. The molecule has 0 unspecified atom stereocenters. The fourth-order valence-electron chi connectivity index (χ4n) is 2.36. The van der Waals surface area contributed by atoms with E-state index in [0.717, 1.165) is 16.9 Å². The highest BCUT2D eigenvalue weighted by Crippen LogP contribution is 2.27. The van der Waals surface area contributed by atoms with E-state index in [1.165, 1.54) is 6.92 Å². The number of carbonyl (C=O) groups excluding carboxylic acids is 1. The molecule has 5 heteroatoms. The zero-order valence-electron chi connectivity index (χ0n) is 12.8. The molecule has 0 saturated carbocycles. The first-order valence-corrected chi connectivity index (χ1v) is 6.93. The lowest BCUT2D eigenvalue weighted by molar-refractivity contribution is -0.137. The highest BCUT2D eigenvalue weighted by molar-refractivity contribution is 5.97. The van der Waals surface area contributed by atoms with E-state index in [4.69, 9.17) is 5.11 Å². The van der Waals surface area contributed by atoms with E-state index in [9.17, 15) is 9.59 Å². The van der Waals surface area contributed by atoms with Crippen molar-refractivity contribution < 1.29 is 14.7 Å². The number of nitrogens with zero attached hydrogens (tertiary/aromatic N) is 2. The van der Waals surface area contributed by atoms with E-state index in [0.29, 0.717) is 12.1 Å². The van der Waals surface area contributed by atoms with Gasteiger partial charge in [0.1, 0.15) is 5.82 Å². The lowest BCUT2D eigenvalue weighted by Crippen LogP contribution is -2.20. The maximum atomic E-state index is 11.5. The number of rotatable bonds is 4. The molecule has 0 aliphatic heterocycles. The number of ketones is 1. The van der Waals surface area contributed by atoms with Gasteiger partial charge in [-0.15, -0.1) is 0 Å². The SMILES string of the molecule is CC(=O)c1ccc2c(c1)nc(C(C)(C)C)n2CCC(=O)O. The first-order valence-electron chi connectivity index (χ1n) is 6.93. The summed E-state index contributed by atoms with van der Waals surface area (Å²) in [6.45, 7) is 8.01. The van der Waals surface area contributed by atoms with Gasteiger partial charge in [-0.1, -0.05) is 20.8 Å². The number of aliphatic carboxylic acids is 1. The first-order chi connectivity index (χ1) is 9.70. The van der Waals surface area contributed by atoms with Gasteiger partial charge in [-0.05, 0) is 25.1 Å². The van der Waals surface area contributed by atoms with Crippen LogP contribution >= 0.6 is 0 Å². The molecule has 1 heterocycles. The number of aryl methyl sites for hydroxylation is 1. The van der Waals surface area contributed by atoms with Gasteiger partial charge in [-0.25, -0.2) is 4.98 Å². The number of carbonyl (C=O) groups is 2. The number of fused-ring (bicyclic) bond motifs is 1. The van der Waals surface area contributed by atoms with E-state index in [-0.39, 0.29) is 17.6 Å². The van der Waals surface area contributed by atoms with Gasteiger partial charge in [0, 0.05) is 17.5 Å². The number of imidazole rings is 1. The van der Waals surface area contributed by atoms with Crippen LogP contribution < -0.4 is 0 Å². The fourth-order valence-corrected chi connectivity index (χ4v) is 2.36. The maximum absolute atomic E-state index is 11.5. The van der Waals surface area contributed by atoms with Gasteiger partial charge in [0.2, 0.25) is 0 Å². The van der Waals surface area contributed by atoms with E-state index < -0.39 is 5.97 Å². The van der Waals surface area contributed by atoms with Crippen LogP contribution in [0, 0.1) is 0 Å². The first kappa shape index (κ1) is 15.2. The summed E-state index contributed by atoms with van der Waals surface area (Å²) in [5.41, 5.74) is 2.02. The number of hydrogen-bond acceptors (Lipinski definition) is 3. The zero-order valence-corrected chi connectivity index (χ0v) is 12.8. The lowest BCUT2D eigenvalue weighted by Gasteiger charge is -2.19. The summed E-state index contributed by atoms with van der Waals surface area (Å²) < 4.78 is 1.94. The van der Waals surface area contributed by atoms with Crippen LogP contribution in [-0.4, -0.2) is 26.4 Å². The normalized spacial score (nSPS) is 11.8. The van der Waals surface area contributed by atoms with Gasteiger partial charge in [0.15, 0.2) is 5.78 Å². The van der Waals surface area contributed by atoms with Crippen LogP contribution in [0.1, 0.15) is 50.3 Å². The summed E-state index contributed by atoms with van der Waals surface area (Å²) in [4.78, 5) is 27.0. The van der Waals surface area contributed by atoms with E-state index in [1.807, 2.05) is 31.4 Å². The summed E-state index contributed by atoms with van der Waals surface area (Å²) >= 11 is 0. The number of aromatic nitrogens is 2. The molecular weight excluding hydrogens is 268 g/mol. The minimum absolute atomic E-state index is 0.00528. The smallest absolute Gasteiger partial charge is 0.305 e. The quantitative estimate of drug-likeness (QED) is 0.878. The Hall–Kier alpha value is -2.17. The number of carboxylic acids is 1. The molecule has 2 rings (SSSR count). The third-order valence-corrected chi connectivity index (χ3v) is 3.37. The van der Waals surface area contributed by atoms with Gasteiger partial charge in [-0.3, -0.25) is 9.59 Å². The molecule has 0 saturated heterocycles. The van der Waals surface area contributed by atoms with Crippen molar-refractivity contribution >= 4 is 22.8 Å². The second-order valence-electron chi connectivity index (χ2n) is 6.24. The molecule has 0 aliphatic carbocycles. The Morgan fingerprint density at radius 2 is 1.95 bits per heavy atom. The second-order valence-corrected chi connectivity index (χ2v) is 6.24. The average molecular weight is 288 g/mol. The van der Waals surface area contributed by atoms with Crippen molar-refractivity contribution in [1.29, 1.82) is 0 Å². The Bertz CT molecular complexity index is 708. The summed E-state index contributed by atoms with van der Waals surface area (Å²) in [5, 5.41) is 8.92. The molecule has 21 heavy (non-hydrogen) atoms. The monoisotopic (exact) mass is 288 g/mol. The zero-order chi connectivity index (χ0) is 15.8. The van der Waals surface area contributed by atoms with Gasteiger partial charge >= 0.3 is 5.97 Å². The highest BCUT2D eigenvalue weighted by atomic mass is 16.4. The van der Waals surface area contributed by atoms with Crippen molar-refractivity contribution in [1.82, 2.24) is 9.55 Å². The molecule has 0 fully saturated rings. The van der Waals surface area contributed by atoms with E-state index in [2.05, 4.69) is 4.98 Å². The van der Waals surface area contributed by atoms with Crippen LogP contribution in [0.3, 0.4) is 0 Å². The summed E-state index contributed by atoms with van der Waals surface area (Å²) in [6.07, 6.45) is 0.0446. The molecular formula is C16H20N2O3. The summed E-state index contributed by atoms with van der Waals surface area (Å²) in [5.74, 6) is -0.00851. The van der Waals surface area contributed by atoms with Crippen LogP contribution in [-0.2, 0) is 16.8 Å². The molecule has 5 nitrogen and oxygen atoms in total. The molecule has 0 radical (unpaired) electrons. The Morgan fingerprint density at radius 3 is 2.48 bits per heavy atom. The molecule has 1 N–H and O–H groups in total. The molecule has 0 atom stereocenters. The molecule has 1 aromatic carbocycles. The van der Waals surface area contributed by atoms with Crippen molar-refractivity contribution in [2.45, 2.75) is 46.1 Å². The number of carboxylic acid groups (broad SMARTS) is 1. The van der Waals surface area contributed by atoms with Gasteiger partial charge in [0.25, 0.3) is 0 Å². The van der Waals surface area contributed by atoms with E-state index >= 15 is 0 Å². The number of benzene rings is 1. The Balaban J connectivity index is 2.61. The minimum Gasteiger partial charge on any atom is -0.481 e. The molecule has 2 aromatic rings. The Kier molecular flexibility index (Phi) is 3.85. The standard InChI is InChI=1S/C16H20N2O3/c1-10(19)11-5-6-13-12(9-11)17-15(16(2,3)4)18(13)8-7-14(20)21/h5-6,9H,7-8H2,1-4H3,(H,20,21). The van der Waals surface area contributed by atoms with Gasteiger partial charge in [-0.2, -0.15) is 0 Å². The average Bonchev–Trinajstić information content (AvgIpc) is 2.73. The summed E-state index contributed by atoms with van der Waals surface area (Å²) in [7, 11) is 0. The van der Waals surface area contributed by atoms with Crippen LogP contribution in [0.5, 0.6) is 0 Å². The van der Waals surface area contributed by atoms with Crippen LogP contribution in [0.25, 0.3) is 11.0 Å². The largest absolute Gasteiger partial charge is 0.481 e. The Labute approximate surface area is 123 Å². The van der Waals surface area contributed by atoms with Gasteiger partial charge in [0.05, 0.1) is 17.5 Å². The third-order valence-electron chi connectivity index (χ3n) is 3.37.